The lowest BCUT2D eigenvalue weighted by Crippen LogP contribution is -2.24. The first-order chi connectivity index (χ1) is 13.5. The Kier molecular flexibility index (Phi) is 5.22. The van der Waals surface area contributed by atoms with Crippen molar-refractivity contribution in [3.05, 3.63) is 65.0 Å². The molecule has 144 valence electrons. The Balaban J connectivity index is 1.47. The second-order valence-corrected chi connectivity index (χ2v) is 8.18. The Labute approximate surface area is 169 Å². The van der Waals surface area contributed by atoms with Crippen molar-refractivity contribution in [1.82, 2.24) is 15.0 Å². The minimum Gasteiger partial charge on any atom is -0.339 e. The number of aryl methyl sites for hydroxylation is 2. The van der Waals surface area contributed by atoms with Crippen molar-refractivity contribution in [2.75, 3.05) is 12.8 Å². The molecule has 1 aromatic heterocycles. The van der Waals surface area contributed by atoms with Gasteiger partial charge in [0.2, 0.25) is 17.6 Å². The van der Waals surface area contributed by atoms with Gasteiger partial charge in [0.15, 0.2) is 0 Å². The number of benzene rings is 2. The van der Waals surface area contributed by atoms with Gasteiger partial charge < -0.3 is 9.42 Å². The number of rotatable bonds is 5. The summed E-state index contributed by atoms with van der Waals surface area (Å²) in [6.07, 6.45) is 2.47. The molecule has 1 unspecified atom stereocenters. The lowest BCUT2D eigenvalue weighted by atomic mass is 10.1. The van der Waals surface area contributed by atoms with Gasteiger partial charge in [0.25, 0.3) is 0 Å². The topological polar surface area (TPSA) is 59.2 Å². The molecule has 2 aromatic carbocycles. The van der Waals surface area contributed by atoms with Gasteiger partial charge in [-0.25, -0.2) is 0 Å². The van der Waals surface area contributed by atoms with Gasteiger partial charge in [0, 0.05) is 30.0 Å². The smallest absolute Gasteiger partial charge is 0.232 e. The Morgan fingerprint density at radius 1 is 1.18 bits per heavy atom. The van der Waals surface area contributed by atoms with Crippen LogP contribution in [0.25, 0.3) is 11.4 Å². The predicted octanol–water partition coefficient (Wildman–Crippen LogP) is 4.59. The minimum atomic E-state index is -0.0509. The monoisotopic (exact) mass is 393 g/mol. The summed E-state index contributed by atoms with van der Waals surface area (Å²) in [5.41, 5.74) is 4.42. The molecule has 0 spiro atoms. The zero-order valence-electron chi connectivity index (χ0n) is 16.3. The largest absolute Gasteiger partial charge is 0.339 e. The number of nitrogens with zero attached hydrogens (tertiary/aromatic N) is 3. The van der Waals surface area contributed by atoms with E-state index >= 15 is 0 Å². The SMILES string of the molecule is CSc1ccc(CN2CC(c3nc(-c4ccc(C)cc4C)no3)CC2=O)cc1. The summed E-state index contributed by atoms with van der Waals surface area (Å²) >= 11 is 1.71. The molecule has 0 saturated carbocycles. The summed E-state index contributed by atoms with van der Waals surface area (Å²) in [6, 6.07) is 14.5. The summed E-state index contributed by atoms with van der Waals surface area (Å²) in [6.45, 7) is 5.33. The van der Waals surface area contributed by atoms with E-state index in [1.807, 2.05) is 24.0 Å². The molecule has 6 heteroatoms. The number of carbonyl (C=O) groups excluding carboxylic acids is 1. The van der Waals surface area contributed by atoms with E-state index in [-0.39, 0.29) is 11.8 Å². The maximum Gasteiger partial charge on any atom is 0.232 e. The molecule has 1 aliphatic rings. The fourth-order valence-electron chi connectivity index (χ4n) is 3.62. The number of amides is 1. The minimum absolute atomic E-state index is 0.0509. The third kappa shape index (κ3) is 3.83. The zero-order valence-corrected chi connectivity index (χ0v) is 17.1. The van der Waals surface area contributed by atoms with Crippen LogP contribution in [0.3, 0.4) is 0 Å². The number of hydrogen-bond acceptors (Lipinski definition) is 5. The van der Waals surface area contributed by atoms with Crippen LogP contribution in [0.4, 0.5) is 0 Å². The molecule has 4 rings (SSSR count). The molecule has 2 heterocycles. The average Bonchev–Trinajstić information content (AvgIpc) is 3.30. The first-order valence-corrected chi connectivity index (χ1v) is 10.6. The molecule has 1 amide bonds. The maximum atomic E-state index is 12.5. The Bertz CT molecular complexity index is 997. The summed E-state index contributed by atoms with van der Waals surface area (Å²) in [5.74, 6) is 1.21. The van der Waals surface area contributed by atoms with E-state index in [9.17, 15) is 4.79 Å². The van der Waals surface area contributed by atoms with Crippen LogP contribution in [0.1, 0.15) is 34.9 Å². The summed E-state index contributed by atoms with van der Waals surface area (Å²) in [5, 5.41) is 4.16. The summed E-state index contributed by atoms with van der Waals surface area (Å²) in [4.78, 5) is 20.2. The number of carbonyl (C=O) groups is 1. The summed E-state index contributed by atoms with van der Waals surface area (Å²) in [7, 11) is 0. The molecule has 1 aliphatic heterocycles. The van der Waals surface area contributed by atoms with E-state index in [2.05, 4.69) is 53.7 Å². The highest BCUT2D eigenvalue weighted by Gasteiger charge is 2.34. The van der Waals surface area contributed by atoms with Crippen molar-refractivity contribution in [1.29, 1.82) is 0 Å². The molecular formula is C22H23N3O2S. The van der Waals surface area contributed by atoms with E-state index in [0.717, 1.165) is 16.7 Å². The van der Waals surface area contributed by atoms with Crippen LogP contribution < -0.4 is 0 Å². The molecule has 0 radical (unpaired) electrons. The second kappa shape index (κ2) is 7.80. The number of aromatic nitrogens is 2. The Morgan fingerprint density at radius 3 is 2.68 bits per heavy atom. The molecule has 1 saturated heterocycles. The summed E-state index contributed by atoms with van der Waals surface area (Å²) < 4.78 is 5.52. The van der Waals surface area contributed by atoms with Crippen LogP contribution in [0.5, 0.6) is 0 Å². The third-order valence-electron chi connectivity index (χ3n) is 5.16. The van der Waals surface area contributed by atoms with Gasteiger partial charge >= 0.3 is 0 Å². The standard InChI is InChI=1S/C22H23N3O2S/c1-14-4-9-19(15(2)10-14)21-23-22(27-24-21)17-11-20(26)25(13-17)12-16-5-7-18(28-3)8-6-16/h4-10,17H,11-13H2,1-3H3. The van der Waals surface area contributed by atoms with Gasteiger partial charge in [-0.3, -0.25) is 4.79 Å². The van der Waals surface area contributed by atoms with Crippen molar-refractivity contribution in [2.45, 2.75) is 37.6 Å². The Morgan fingerprint density at radius 2 is 1.96 bits per heavy atom. The molecule has 3 aromatic rings. The highest BCUT2D eigenvalue weighted by Crippen LogP contribution is 2.30. The van der Waals surface area contributed by atoms with E-state index in [4.69, 9.17) is 4.52 Å². The molecule has 1 fully saturated rings. The lowest BCUT2D eigenvalue weighted by Gasteiger charge is -2.16. The number of hydrogen-bond donors (Lipinski definition) is 0. The van der Waals surface area contributed by atoms with Crippen LogP contribution in [-0.4, -0.2) is 33.7 Å². The fourth-order valence-corrected chi connectivity index (χ4v) is 4.02. The number of likely N-dealkylation sites (tertiary alicyclic amines) is 1. The van der Waals surface area contributed by atoms with Crippen molar-refractivity contribution >= 4 is 17.7 Å². The van der Waals surface area contributed by atoms with Crippen molar-refractivity contribution < 1.29 is 9.32 Å². The van der Waals surface area contributed by atoms with Crippen LogP contribution >= 0.6 is 11.8 Å². The maximum absolute atomic E-state index is 12.5. The Hall–Kier alpha value is -2.60. The van der Waals surface area contributed by atoms with Gasteiger partial charge in [-0.15, -0.1) is 11.8 Å². The quantitative estimate of drug-likeness (QED) is 0.593. The third-order valence-corrected chi connectivity index (χ3v) is 5.90. The molecule has 5 nitrogen and oxygen atoms in total. The predicted molar refractivity (Wildman–Crippen MR) is 110 cm³/mol. The van der Waals surface area contributed by atoms with Crippen LogP contribution in [0.15, 0.2) is 51.9 Å². The van der Waals surface area contributed by atoms with E-state index in [0.29, 0.717) is 31.2 Å². The van der Waals surface area contributed by atoms with E-state index in [1.165, 1.54) is 10.5 Å². The van der Waals surface area contributed by atoms with Crippen molar-refractivity contribution in [3.8, 4) is 11.4 Å². The number of thioether (sulfide) groups is 1. The fraction of sp³-hybridized carbons (Fsp3) is 0.318. The highest BCUT2D eigenvalue weighted by atomic mass is 32.2. The van der Waals surface area contributed by atoms with Gasteiger partial charge in [-0.2, -0.15) is 4.98 Å². The molecule has 0 aliphatic carbocycles. The van der Waals surface area contributed by atoms with Gasteiger partial charge in [0.1, 0.15) is 0 Å². The second-order valence-electron chi connectivity index (χ2n) is 7.30. The van der Waals surface area contributed by atoms with Crippen molar-refractivity contribution in [3.63, 3.8) is 0 Å². The van der Waals surface area contributed by atoms with E-state index in [1.54, 1.807) is 11.8 Å². The van der Waals surface area contributed by atoms with Gasteiger partial charge in [0.05, 0.1) is 5.92 Å². The molecular weight excluding hydrogens is 370 g/mol. The average molecular weight is 394 g/mol. The first-order valence-electron chi connectivity index (χ1n) is 9.35. The zero-order chi connectivity index (χ0) is 19.7. The van der Waals surface area contributed by atoms with Crippen LogP contribution in [-0.2, 0) is 11.3 Å². The molecule has 1 atom stereocenters. The first kappa shape index (κ1) is 18.7. The van der Waals surface area contributed by atoms with Gasteiger partial charge in [-0.05, 0) is 43.4 Å². The van der Waals surface area contributed by atoms with Crippen molar-refractivity contribution in [2.24, 2.45) is 0 Å². The van der Waals surface area contributed by atoms with Crippen LogP contribution in [0.2, 0.25) is 0 Å². The molecule has 28 heavy (non-hydrogen) atoms. The lowest BCUT2D eigenvalue weighted by molar-refractivity contribution is -0.128. The highest BCUT2D eigenvalue weighted by molar-refractivity contribution is 7.98. The van der Waals surface area contributed by atoms with E-state index < -0.39 is 0 Å². The van der Waals surface area contributed by atoms with Crippen LogP contribution in [0, 0.1) is 13.8 Å². The normalized spacial score (nSPS) is 16.8. The molecule has 0 bridgehead atoms. The van der Waals surface area contributed by atoms with Gasteiger partial charge in [-0.1, -0.05) is 41.1 Å². The molecule has 0 N–H and O–H groups in total.